The van der Waals surface area contributed by atoms with Crippen molar-refractivity contribution in [2.75, 3.05) is 36.8 Å². The molecule has 150 valence electrons. The molecule has 0 unspecified atom stereocenters. The number of pyridine rings is 1. The molecule has 1 aromatic carbocycles. The first kappa shape index (κ1) is 19.4. The van der Waals surface area contributed by atoms with Crippen LogP contribution in [0.3, 0.4) is 0 Å². The van der Waals surface area contributed by atoms with E-state index in [9.17, 15) is 9.18 Å². The highest BCUT2D eigenvalue weighted by atomic mass is 32.2. The van der Waals surface area contributed by atoms with Gasteiger partial charge in [-0.05, 0) is 24.3 Å². The number of amides is 1. The molecule has 0 radical (unpaired) electrons. The molecule has 0 saturated carbocycles. The Balaban J connectivity index is 1.33. The summed E-state index contributed by atoms with van der Waals surface area (Å²) >= 11 is 1.32. The van der Waals surface area contributed by atoms with Crippen LogP contribution < -0.4 is 4.90 Å². The van der Waals surface area contributed by atoms with Gasteiger partial charge in [-0.15, -0.1) is 10.2 Å². The van der Waals surface area contributed by atoms with Gasteiger partial charge in [-0.1, -0.05) is 30.0 Å². The molecule has 1 saturated heterocycles. The Labute approximate surface area is 172 Å². The quantitative estimate of drug-likeness (QED) is 0.600. The number of piperazine rings is 1. The average Bonchev–Trinajstić information content (AvgIpc) is 3.13. The number of aromatic nitrogens is 4. The van der Waals surface area contributed by atoms with E-state index in [-0.39, 0.29) is 17.5 Å². The molecule has 1 amide bonds. The summed E-state index contributed by atoms with van der Waals surface area (Å²) in [6, 6.07) is 12.3. The summed E-state index contributed by atoms with van der Waals surface area (Å²) in [6.45, 7) is 2.84. The fourth-order valence-corrected chi connectivity index (χ4v) is 4.07. The predicted octanol–water partition coefficient (Wildman–Crippen LogP) is 2.46. The Morgan fingerprint density at radius 3 is 2.55 bits per heavy atom. The van der Waals surface area contributed by atoms with Crippen molar-refractivity contribution >= 4 is 23.5 Å². The number of carbonyl (C=O) groups excluding carboxylic acids is 1. The topological polar surface area (TPSA) is 67.2 Å². The summed E-state index contributed by atoms with van der Waals surface area (Å²) in [4.78, 5) is 21.0. The van der Waals surface area contributed by atoms with E-state index >= 15 is 0 Å². The molecular formula is C20H21FN6OS. The lowest BCUT2D eigenvalue weighted by Gasteiger charge is -2.35. The van der Waals surface area contributed by atoms with Gasteiger partial charge in [0, 0.05) is 39.4 Å². The lowest BCUT2D eigenvalue weighted by Crippen LogP contribution is -2.49. The Kier molecular flexibility index (Phi) is 5.75. The van der Waals surface area contributed by atoms with Gasteiger partial charge in [-0.2, -0.15) is 0 Å². The molecule has 2 aromatic heterocycles. The molecule has 0 bridgehead atoms. The van der Waals surface area contributed by atoms with E-state index in [0.29, 0.717) is 29.6 Å². The molecule has 0 atom stereocenters. The van der Waals surface area contributed by atoms with Crippen molar-refractivity contribution in [3.63, 3.8) is 0 Å². The number of nitrogens with zero attached hydrogens (tertiary/aromatic N) is 6. The van der Waals surface area contributed by atoms with Crippen LogP contribution in [-0.2, 0) is 11.8 Å². The number of thioether (sulfide) groups is 1. The molecule has 1 fully saturated rings. The molecule has 3 aromatic rings. The monoisotopic (exact) mass is 412 g/mol. The maximum absolute atomic E-state index is 14.0. The first-order valence-electron chi connectivity index (χ1n) is 9.34. The molecule has 0 aliphatic carbocycles. The van der Waals surface area contributed by atoms with Gasteiger partial charge in [0.05, 0.1) is 11.3 Å². The molecule has 3 heterocycles. The molecule has 1 aliphatic rings. The summed E-state index contributed by atoms with van der Waals surface area (Å²) in [5.74, 6) is 1.37. The van der Waals surface area contributed by atoms with Crippen LogP contribution in [0.5, 0.6) is 0 Å². The minimum absolute atomic E-state index is 0.0612. The summed E-state index contributed by atoms with van der Waals surface area (Å²) < 4.78 is 15.7. The molecule has 9 heteroatoms. The number of benzene rings is 1. The van der Waals surface area contributed by atoms with Crippen molar-refractivity contribution in [1.82, 2.24) is 24.6 Å². The van der Waals surface area contributed by atoms with E-state index < -0.39 is 0 Å². The Bertz CT molecular complexity index is 988. The maximum atomic E-state index is 14.0. The fraction of sp³-hybridized carbons (Fsp3) is 0.300. The van der Waals surface area contributed by atoms with Crippen molar-refractivity contribution in [2.24, 2.45) is 7.05 Å². The summed E-state index contributed by atoms with van der Waals surface area (Å²) in [7, 11) is 1.78. The lowest BCUT2D eigenvalue weighted by molar-refractivity contribution is -0.128. The molecule has 1 aliphatic heterocycles. The van der Waals surface area contributed by atoms with Gasteiger partial charge >= 0.3 is 0 Å². The average molecular weight is 412 g/mol. The summed E-state index contributed by atoms with van der Waals surface area (Å²) in [5.41, 5.74) is 0.395. The summed E-state index contributed by atoms with van der Waals surface area (Å²) in [6.07, 6.45) is 1.78. The van der Waals surface area contributed by atoms with E-state index in [0.717, 1.165) is 18.9 Å². The first-order chi connectivity index (χ1) is 14.1. The number of halogens is 1. The molecule has 29 heavy (non-hydrogen) atoms. The zero-order valence-corrected chi connectivity index (χ0v) is 16.8. The second-order valence-electron chi connectivity index (χ2n) is 6.69. The summed E-state index contributed by atoms with van der Waals surface area (Å²) in [5, 5.41) is 8.81. The van der Waals surface area contributed by atoms with Gasteiger partial charge in [-0.3, -0.25) is 4.79 Å². The molecule has 0 N–H and O–H groups in total. The number of carbonyl (C=O) groups is 1. The third kappa shape index (κ3) is 4.24. The molecule has 0 spiro atoms. The van der Waals surface area contributed by atoms with Crippen LogP contribution in [0.4, 0.5) is 10.2 Å². The van der Waals surface area contributed by atoms with Crippen LogP contribution in [0.2, 0.25) is 0 Å². The maximum Gasteiger partial charge on any atom is 0.233 e. The number of anilines is 1. The van der Waals surface area contributed by atoms with Gasteiger partial charge in [-0.25, -0.2) is 9.37 Å². The molecular weight excluding hydrogens is 391 g/mol. The van der Waals surface area contributed by atoms with E-state index in [1.54, 1.807) is 36.0 Å². The van der Waals surface area contributed by atoms with Crippen molar-refractivity contribution in [3.05, 3.63) is 54.5 Å². The normalized spacial score (nSPS) is 14.3. The third-order valence-corrected chi connectivity index (χ3v) is 5.89. The lowest BCUT2D eigenvalue weighted by atomic mass is 10.2. The SMILES string of the molecule is Cn1c(SCC(=O)N2CCN(c3ccccn3)CC2)nnc1-c1ccccc1F. The zero-order valence-electron chi connectivity index (χ0n) is 16.0. The second kappa shape index (κ2) is 8.60. The van der Waals surface area contributed by atoms with Gasteiger partial charge in [0.1, 0.15) is 11.6 Å². The third-order valence-electron chi connectivity index (χ3n) is 4.88. The number of hydrogen-bond acceptors (Lipinski definition) is 6. The first-order valence-corrected chi connectivity index (χ1v) is 10.3. The molecule has 4 rings (SSSR count). The van der Waals surface area contributed by atoms with Crippen LogP contribution in [0.15, 0.2) is 53.8 Å². The molecule has 7 nitrogen and oxygen atoms in total. The van der Waals surface area contributed by atoms with E-state index in [4.69, 9.17) is 0 Å². The second-order valence-corrected chi connectivity index (χ2v) is 7.63. The predicted molar refractivity (Wildman–Crippen MR) is 110 cm³/mol. The highest BCUT2D eigenvalue weighted by Crippen LogP contribution is 2.25. The van der Waals surface area contributed by atoms with Crippen LogP contribution >= 0.6 is 11.8 Å². The van der Waals surface area contributed by atoms with Crippen LogP contribution in [0.25, 0.3) is 11.4 Å². The Morgan fingerprint density at radius 1 is 1.07 bits per heavy atom. The van der Waals surface area contributed by atoms with Crippen molar-refractivity contribution in [3.8, 4) is 11.4 Å². The van der Waals surface area contributed by atoms with Crippen molar-refractivity contribution in [1.29, 1.82) is 0 Å². The van der Waals surface area contributed by atoms with E-state index in [1.165, 1.54) is 17.8 Å². The highest BCUT2D eigenvalue weighted by Gasteiger charge is 2.23. The van der Waals surface area contributed by atoms with E-state index in [1.807, 2.05) is 23.1 Å². The fourth-order valence-electron chi connectivity index (χ4n) is 3.26. The van der Waals surface area contributed by atoms with Gasteiger partial charge in [0.25, 0.3) is 0 Å². The van der Waals surface area contributed by atoms with Crippen LogP contribution in [-0.4, -0.2) is 62.5 Å². The van der Waals surface area contributed by atoms with E-state index in [2.05, 4.69) is 20.1 Å². The van der Waals surface area contributed by atoms with Crippen LogP contribution in [0.1, 0.15) is 0 Å². The Morgan fingerprint density at radius 2 is 1.83 bits per heavy atom. The minimum Gasteiger partial charge on any atom is -0.353 e. The van der Waals surface area contributed by atoms with Crippen molar-refractivity contribution in [2.45, 2.75) is 5.16 Å². The number of rotatable bonds is 5. The highest BCUT2D eigenvalue weighted by molar-refractivity contribution is 7.99. The van der Waals surface area contributed by atoms with Gasteiger partial charge in [0.15, 0.2) is 11.0 Å². The Hall–Kier alpha value is -2.94. The minimum atomic E-state index is -0.346. The number of hydrogen-bond donors (Lipinski definition) is 0. The largest absolute Gasteiger partial charge is 0.353 e. The zero-order chi connectivity index (χ0) is 20.2. The van der Waals surface area contributed by atoms with Crippen LogP contribution in [0, 0.1) is 5.82 Å². The van der Waals surface area contributed by atoms with Crippen molar-refractivity contribution < 1.29 is 9.18 Å². The van der Waals surface area contributed by atoms with Gasteiger partial charge in [0.2, 0.25) is 5.91 Å². The standard InChI is InChI=1S/C20H21FN6OS/c1-25-19(15-6-2-3-7-16(15)21)23-24-20(25)29-14-18(28)27-12-10-26(11-13-27)17-8-4-5-9-22-17/h2-9H,10-14H2,1H3. The smallest absolute Gasteiger partial charge is 0.233 e. The van der Waals surface area contributed by atoms with Gasteiger partial charge < -0.3 is 14.4 Å².